The largest absolute Gasteiger partial charge is 0.508 e. The van der Waals surface area contributed by atoms with Crippen molar-refractivity contribution in [2.75, 3.05) is 12.3 Å². The van der Waals surface area contributed by atoms with Gasteiger partial charge in [-0.05, 0) is 42.2 Å². The molecule has 0 spiro atoms. The number of carbonyl (C=O) groups is 1. The van der Waals surface area contributed by atoms with E-state index in [1.807, 2.05) is 5.32 Å². The van der Waals surface area contributed by atoms with E-state index in [1.54, 1.807) is 0 Å². The molecule has 3 rings (SSSR count). The minimum absolute atomic E-state index is 0.0764. The minimum Gasteiger partial charge on any atom is -0.508 e. The van der Waals surface area contributed by atoms with Gasteiger partial charge in [0.05, 0.1) is 12.7 Å². The number of aliphatic hydroxyl groups is 1. The number of nitrogens with two attached hydrogens (primary N) is 1. The quantitative estimate of drug-likeness (QED) is 0.370. The van der Waals surface area contributed by atoms with Crippen LogP contribution in [0.4, 0.5) is 27.8 Å². The fourth-order valence-electron chi connectivity index (χ4n) is 3.81. The van der Waals surface area contributed by atoms with Crippen LogP contribution in [-0.4, -0.2) is 44.2 Å². The van der Waals surface area contributed by atoms with E-state index in [2.05, 4.69) is 5.10 Å². The van der Waals surface area contributed by atoms with Crippen molar-refractivity contribution in [2.24, 2.45) is 0 Å². The third kappa shape index (κ3) is 5.21. The van der Waals surface area contributed by atoms with Gasteiger partial charge in [-0.15, -0.1) is 0 Å². The highest BCUT2D eigenvalue weighted by Gasteiger charge is 2.56. The van der Waals surface area contributed by atoms with Gasteiger partial charge in [-0.3, -0.25) is 4.79 Å². The van der Waals surface area contributed by atoms with Crippen molar-refractivity contribution >= 4 is 11.7 Å². The van der Waals surface area contributed by atoms with E-state index in [-0.39, 0.29) is 22.6 Å². The second-order valence-electron chi connectivity index (χ2n) is 8.74. The van der Waals surface area contributed by atoms with Gasteiger partial charge >= 0.3 is 6.18 Å². The summed E-state index contributed by atoms with van der Waals surface area (Å²) in [5.41, 5.74) is 0.286. The number of nitrogens with zero attached hydrogens (tertiary/aromatic N) is 2. The highest BCUT2D eigenvalue weighted by Crippen LogP contribution is 2.43. The van der Waals surface area contributed by atoms with Crippen molar-refractivity contribution in [3.8, 4) is 11.4 Å². The third-order valence-corrected chi connectivity index (χ3v) is 5.62. The maximum Gasteiger partial charge on any atom is 0.418 e. The number of para-hydroxylation sites is 1. The molecule has 188 valence electrons. The van der Waals surface area contributed by atoms with E-state index in [0.29, 0.717) is 0 Å². The number of benzene rings is 2. The number of anilines is 1. The standard InChI is InChI=1S/C23H23F5N4O3/c1-21(2,15-9-13(24)7-8-18(15)33)11-22(35,23(26,27)28)12-30-20(34)14-10-31-32(19(14)29)17-6-4-3-5-16(17)25/h3-10,33,35H,11-12,29H2,1-2H3,(H,30,34)/t22-/m1/s1. The number of alkyl halides is 3. The van der Waals surface area contributed by atoms with Crippen LogP contribution in [0.3, 0.4) is 0 Å². The fourth-order valence-corrected chi connectivity index (χ4v) is 3.81. The lowest BCUT2D eigenvalue weighted by Crippen LogP contribution is -2.56. The molecule has 0 bridgehead atoms. The van der Waals surface area contributed by atoms with Crippen molar-refractivity contribution in [1.29, 1.82) is 0 Å². The Morgan fingerprint density at radius 1 is 1.14 bits per heavy atom. The second-order valence-corrected chi connectivity index (χ2v) is 8.74. The molecule has 1 amide bonds. The molecule has 5 N–H and O–H groups in total. The zero-order chi connectivity index (χ0) is 26.2. The molecule has 0 unspecified atom stereocenters. The molecule has 1 atom stereocenters. The molecule has 0 aliphatic carbocycles. The minimum atomic E-state index is -5.20. The summed E-state index contributed by atoms with van der Waals surface area (Å²) in [5.74, 6) is -3.33. The lowest BCUT2D eigenvalue weighted by Gasteiger charge is -2.38. The van der Waals surface area contributed by atoms with Crippen LogP contribution in [0.5, 0.6) is 5.75 Å². The Kier molecular flexibility index (Phi) is 6.80. The zero-order valence-electron chi connectivity index (χ0n) is 18.7. The molecule has 0 saturated heterocycles. The van der Waals surface area contributed by atoms with E-state index in [9.17, 15) is 37.0 Å². The van der Waals surface area contributed by atoms with Gasteiger partial charge in [-0.1, -0.05) is 26.0 Å². The molecule has 7 nitrogen and oxygen atoms in total. The summed E-state index contributed by atoms with van der Waals surface area (Å²) >= 11 is 0. The molecule has 0 fully saturated rings. The Morgan fingerprint density at radius 2 is 1.80 bits per heavy atom. The van der Waals surface area contributed by atoms with Crippen molar-refractivity contribution in [3.05, 3.63) is 71.4 Å². The Balaban J connectivity index is 1.84. The van der Waals surface area contributed by atoms with E-state index in [4.69, 9.17) is 5.73 Å². The van der Waals surface area contributed by atoms with Crippen molar-refractivity contribution in [2.45, 2.75) is 37.5 Å². The average Bonchev–Trinajstić information content (AvgIpc) is 3.14. The number of aromatic hydroxyl groups is 1. The molecule has 1 heterocycles. The molecule has 35 heavy (non-hydrogen) atoms. The summed E-state index contributed by atoms with van der Waals surface area (Å²) < 4.78 is 70.4. The summed E-state index contributed by atoms with van der Waals surface area (Å²) in [4.78, 5) is 12.6. The van der Waals surface area contributed by atoms with Gasteiger partial charge in [0.25, 0.3) is 5.91 Å². The average molecular weight is 498 g/mol. The molecule has 2 aromatic carbocycles. The molecule has 0 radical (unpaired) electrons. The van der Waals surface area contributed by atoms with Gasteiger partial charge in [-0.2, -0.15) is 18.3 Å². The fraction of sp³-hybridized carbons (Fsp3) is 0.304. The van der Waals surface area contributed by atoms with Crippen molar-refractivity contribution in [1.82, 2.24) is 15.1 Å². The first-order chi connectivity index (χ1) is 16.2. The van der Waals surface area contributed by atoms with E-state index < -0.39 is 53.4 Å². The number of hydrogen-bond acceptors (Lipinski definition) is 5. The second kappa shape index (κ2) is 9.17. The monoisotopic (exact) mass is 498 g/mol. The predicted octanol–water partition coefficient (Wildman–Crippen LogP) is 3.83. The van der Waals surface area contributed by atoms with Gasteiger partial charge < -0.3 is 21.3 Å². The number of aromatic nitrogens is 2. The number of rotatable bonds is 7. The number of phenolic OH excluding ortho intramolecular Hbond substituents is 1. The Hall–Kier alpha value is -3.67. The number of hydrogen-bond donors (Lipinski definition) is 4. The van der Waals surface area contributed by atoms with Gasteiger partial charge in [0.2, 0.25) is 0 Å². The molecule has 3 aromatic rings. The lowest BCUT2D eigenvalue weighted by atomic mass is 9.74. The number of nitrogens with one attached hydrogen (secondary N) is 1. The Morgan fingerprint density at radius 3 is 2.43 bits per heavy atom. The third-order valence-electron chi connectivity index (χ3n) is 5.62. The van der Waals surface area contributed by atoms with E-state index in [1.165, 1.54) is 32.0 Å². The molecular weight excluding hydrogens is 475 g/mol. The van der Waals surface area contributed by atoms with E-state index >= 15 is 0 Å². The Bertz CT molecular complexity index is 1240. The van der Waals surface area contributed by atoms with Crippen LogP contribution < -0.4 is 11.1 Å². The van der Waals surface area contributed by atoms with Crippen LogP contribution in [0.25, 0.3) is 5.69 Å². The highest BCUT2D eigenvalue weighted by molar-refractivity contribution is 5.98. The Labute approximate surface area is 197 Å². The number of phenols is 1. The maximum absolute atomic E-state index is 14.0. The number of halogens is 5. The van der Waals surface area contributed by atoms with Gasteiger partial charge in [0.1, 0.15) is 34.5 Å². The van der Waals surface area contributed by atoms with Gasteiger partial charge in [0, 0.05) is 5.56 Å². The number of amides is 1. The summed E-state index contributed by atoms with van der Waals surface area (Å²) in [6.45, 7) is 1.30. The van der Waals surface area contributed by atoms with Crippen molar-refractivity contribution in [3.63, 3.8) is 0 Å². The molecule has 0 aliphatic rings. The number of nitrogen functional groups attached to an aromatic ring is 1. The highest BCUT2D eigenvalue weighted by atomic mass is 19.4. The van der Waals surface area contributed by atoms with Crippen molar-refractivity contribution < 1.29 is 37.0 Å². The summed E-state index contributed by atoms with van der Waals surface area (Å²) in [6.07, 6.45) is -5.27. The molecule has 1 aromatic heterocycles. The van der Waals surface area contributed by atoms with Crippen LogP contribution in [0, 0.1) is 11.6 Å². The maximum atomic E-state index is 14.0. The molecular formula is C23H23F5N4O3. The lowest BCUT2D eigenvalue weighted by molar-refractivity contribution is -0.263. The summed E-state index contributed by atoms with van der Waals surface area (Å²) in [6, 6.07) is 8.22. The first-order valence-electron chi connectivity index (χ1n) is 10.3. The molecule has 12 heteroatoms. The smallest absolute Gasteiger partial charge is 0.418 e. The first-order valence-corrected chi connectivity index (χ1v) is 10.3. The topological polar surface area (TPSA) is 113 Å². The first kappa shape index (κ1) is 25.9. The van der Waals surface area contributed by atoms with Crippen LogP contribution in [-0.2, 0) is 5.41 Å². The summed E-state index contributed by atoms with van der Waals surface area (Å²) in [5, 5.41) is 26.4. The number of carbonyl (C=O) groups excluding carboxylic acids is 1. The van der Waals surface area contributed by atoms with Gasteiger partial charge in [-0.25, -0.2) is 13.5 Å². The summed E-state index contributed by atoms with van der Waals surface area (Å²) in [7, 11) is 0. The van der Waals surface area contributed by atoms with Gasteiger partial charge in [0.15, 0.2) is 5.60 Å². The van der Waals surface area contributed by atoms with Crippen LogP contribution in [0.2, 0.25) is 0 Å². The molecule has 0 saturated carbocycles. The van der Waals surface area contributed by atoms with Crippen LogP contribution in [0.1, 0.15) is 36.2 Å². The normalized spacial score (nSPS) is 13.9. The van der Waals surface area contributed by atoms with Crippen LogP contribution >= 0.6 is 0 Å². The molecule has 0 aliphatic heterocycles. The van der Waals surface area contributed by atoms with Crippen LogP contribution in [0.15, 0.2) is 48.7 Å². The SMILES string of the molecule is CC(C)(C[C@@](O)(CNC(=O)c1cnn(-c2ccccc2F)c1N)C(F)(F)F)c1cc(F)ccc1O. The zero-order valence-corrected chi connectivity index (χ0v) is 18.7. The predicted molar refractivity (Wildman–Crippen MR) is 117 cm³/mol. The van der Waals surface area contributed by atoms with E-state index in [0.717, 1.165) is 35.1 Å².